The number of imide groups is 1. The second-order valence-electron chi connectivity index (χ2n) is 3.18. The maximum Gasteiger partial charge on any atom is 0.226 e. The number of nitrogens with one attached hydrogen (secondary N) is 1. The van der Waals surface area contributed by atoms with E-state index in [9.17, 15) is 9.59 Å². The van der Waals surface area contributed by atoms with E-state index in [1.165, 1.54) is 0 Å². The van der Waals surface area contributed by atoms with Gasteiger partial charge in [-0.15, -0.1) is 0 Å². The van der Waals surface area contributed by atoms with Crippen LogP contribution < -0.4 is 5.32 Å². The maximum atomic E-state index is 11.0. The molecule has 13 heavy (non-hydrogen) atoms. The summed E-state index contributed by atoms with van der Waals surface area (Å²) in [4.78, 5) is 22.1. The van der Waals surface area contributed by atoms with Crippen LogP contribution in [0.3, 0.4) is 0 Å². The van der Waals surface area contributed by atoms with E-state index in [0.29, 0.717) is 12.8 Å². The fourth-order valence-electron chi connectivity index (χ4n) is 0.955. The maximum absolute atomic E-state index is 11.0. The Balaban J connectivity index is 3.47. The van der Waals surface area contributed by atoms with Gasteiger partial charge in [0.2, 0.25) is 11.8 Å². The first-order valence-corrected chi connectivity index (χ1v) is 5.03. The molecule has 3 heteroatoms. The minimum absolute atomic E-state index is 0.136. The Morgan fingerprint density at radius 1 is 0.923 bits per heavy atom. The average Bonchev–Trinajstić information content (AvgIpc) is 2.11. The predicted octanol–water partition coefficient (Wildman–Crippen LogP) is 2.01. The molecule has 0 bridgehead atoms. The van der Waals surface area contributed by atoms with Gasteiger partial charge in [-0.05, 0) is 12.8 Å². The van der Waals surface area contributed by atoms with Crippen LogP contribution in [0.2, 0.25) is 0 Å². The monoisotopic (exact) mass is 185 g/mol. The lowest BCUT2D eigenvalue weighted by Gasteiger charge is -2.02. The van der Waals surface area contributed by atoms with Crippen molar-refractivity contribution in [1.82, 2.24) is 5.32 Å². The van der Waals surface area contributed by atoms with Gasteiger partial charge in [0.05, 0.1) is 0 Å². The van der Waals surface area contributed by atoms with Crippen molar-refractivity contribution in [2.24, 2.45) is 0 Å². The molecule has 76 valence electrons. The van der Waals surface area contributed by atoms with E-state index in [1.807, 2.05) is 13.8 Å². The molecule has 1 N–H and O–H groups in total. The first-order chi connectivity index (χ1) is 6.20. The van der Waals surface area contributed by atoms with E-state index in [2.05, 4.69) is 5.32 Å². The number of rotatable bonds is 6. The first kappa shape index (κ1) is 12.1. The second-order valence-corrected chi connectivity index (χ2v) is 3.18. The van der Waals surface area contributed by atoms with Gasteiger partial charge < -0.3 is 0 Å². The van der Waals surface area contributed by atoms with Crippen molar-refractivity contribution >= 4 is 11.8 Å². The molecule has 0 radical (unpaired) electrons. The molecule has 0 atom stereocenters. The standard InChI is InChI=1S/C10H19NO2/c1-3-5-7-9(12)11-10(13)8-6-4-2/h3-8H2,1-2H3,(H,11,12,13). The lowest BCUT2D eigenvalue weighted by molar-refractivity contribution is -0.130. The lowest BCUT2D eigenvalue weighted by atomic mass is 10.2. The SMILES string of the molecule is CCCCC(=O)NC(=O)CCCC. The number of carbonyl (C=O) groups is 2. The first-order valence-electron chi connectivity index (χ1n) is 5.03. The zero-order valence-corrected chi connectivity index (χ0v) is 8.56. The van der Waals surface area contributed by atoms with Crippen molar-refractivity contribution in [2.75, 3.05) is 0 Å². The summed E-state index contributed by atoms with van der Waals surface area (Å²) in [5.74, 6) is -0.272. The molecule has 2 amide bonds. The van der Waals surface area contributed by atoms with Gasteiger partial charge in [-0.25, -0.2) is 0 Å². The van der Waals surface area contributed by atoms with Crippen LogP contribution in [-0.2, 0) is 9.59 Å². The van der Waals surface area contributed by atoms with Crippen LogP contribution in [0.15, 0.2) is 0 Å². The zero-order chi connectivity index (χ0) is 10.1. The van der Waals surface area contributed by atoms with Crippen molar-refractivity contribution in [2.45, 2.75) is 52.4 Å². The lowest BCUT2D eigenvalue weighted by Crippen LogP contribution is -2.29. The third kappa shape index (κ3) is 7.50. The van der Waals surface area contributed by atoms with E-state index < -0.39 is 0 Å². The molecule has 0 spiro atoms. The van der Waals surface area contributed by atoms with E-state index in [1.54, 1.807) is 0 Å². The van der Waals surface area contributed by atoms with Gasteiger partial charge in [-0.2, -0.15) is 0 Å². The van der Waals surface area contributed by atoms with Gasteiger partial charge in [-0.3, -0.25) is 14.9 Å². The van der Waals surface area contributed by atoms with E-state index in [4.69, 9.17) is 0 Å². The van der Waals surface area contributed by atoms with Crippen LogP contribution >= 0.6 is 0 Å². The van der Waals surface area contributed by atoms with Crippen molar-refractivity contribution in [1.29, 1.82) is 0 Å². The van der Waals surface area contributed by atoms with Gasteiger partial charge in [0.1, 0.15) is 0 Å². The summed E-state index contributed by atoms with van der Waals surface area (Å²) in [6.07, 6.45) is 4.61. The van der Waals surface area contributed by atoms with E-state index in [-0.39, 0.29) is 11.8 Å². The minimum Gasteiger partial charge on any atom is -0.296 e. The third-order valence-corrected chi connectivity index (χ3v) is 1.79. The van der Waals surface area contributed by atoms with Crippen molar-refractivity contribution < 1.29 is 9.59 Å². The van der Waals surface area contributed by atoms with Crippen molar-refractivity contribution in [3.05, 3.63) is 0 Å². The fraction of sp³-hybridized carbons (Fsp3) is 0.800. The molecule has 0 aliphatic heterocycles. The molecule has 0 aromatic carbocycles. The molecule has 0 aromatic heterocycles. The molecular formula is C10H19NO2. The van der Waals surface area contributed by atoms with Crippen molar-refractivity contribution in [3.8, 4) is 0 Å². The molecule has 0 rings (SSSR count). The van der Waals surface area contributed by atoms with Crippen LogP contribution in [0.5, 0.6) is 0 Å². The summed E-state index contributed by atoms with van der Waals surface area (Å²) in [6.45, 7) is 4.04. The Kier molecular flexibility index (Phi) is 7.26. The Labute approximate surface area is 79.9 Å². The molecule has 3 nitrogen and oxygen atoms in total. The van der Waals surface area contributed by atoms with Gasteiger partial charge in [0.25, 0.3) is 0 Å². The Bertz CT molecular complexity index is 148. The van der Waals surface area contributed by atoms with Gasteiger partial charge >= 0.3 is 0 Å². The van der Waals surface area contributed by atoms with Gasteiger partial charge in [0, 0.05) is 12.8 Å². The largest absolute Gasteiger partial charge is 0.296 e. The smallest absolute Gasteiger partial charge is 0.226 e. The fourth-order valence-corrected chi connectivity index (χ4v) is 0.955. The molecule has 0 fully saturated rings. The number of hydrogen-bond donors (Lipinski definition) is 1. The minimum atomic E-state index is -0.136. The van der Waals surface area contributed by atoms with Crippen LogP contribution in [-0.4, -0.2) is 11.8 Å². The Morgan fingerprint density at radius 3 is 1.62 bits per heavy atom. The summed E-state index contributed by atoms with van der Waals surface area (Å²) in [5.41, 5.74) is 0. The normalized spacial score (nSPS) is 9.69. The molecular weight excluding hydrogens is 166 g/mol. The van der Waals surface area contributed by atoms with Gasteiger partial charge in [-0.1, -0.05) is 26.7 Å². The second kappa shape index (κ2) is 7.77. The highest BCUT2D eigenvalue weighted by molar-refractivity contribution is 5.95. The molecule has 0 unspecified atom stereocenters. The van der Waals surface area contributed by atoms with Crippen LogP contribution in [0, 0.1) is 0 Å². The predicted molar refractivity (Wildman–Crippen MR) is 52.2 cm³/mol. The number of unbranched alkanes of at least 4 members (excludes halogenated alkanes) is 2. The van der Waals surface area contributed by atoms with Crippen LogP contribution in [0.25, 0.3) is 0 Å². The molecule has 0 saturated carbocycles. The topological polar surface area (TPSA) is 46.2 Å². The number of amides is 2. The van der Waals surface area contributed by atoms with E-state index in [0.717, 1.165) is 25.7 Å². The Morgan fingerprint density at radius 2 is 1.31 bits per heavy atom. The number of carbonyl (C=O) groups excluding carboxylic acids is 2. The molecule has 0 aliphatic rings. The Hall–Kier alpha value is -0.860. The highest BCUT2D eigenvalue weighted by Gasteiger charge is 2.05. The summed E-state index contributed by atoms with van der Waals surface area (Å²) in [5, 5.41) is 2.37. The third-order valence-electron chi connectivity index (χ3n) is 1.79. The zero-order valence-electron chi connectivity index (χ0n) is 8.56. The summed E-state index contributed by atoms with van der Waals surface area (Å²) in [7, 11) is 0. The summed E-state index contributed by atoms with van der Waals surface area (Å²) >= 11 is 0. The highest BCUT2D eigenvalue weighted by Crippen LogP contribution is 1.96. The summed E-state index contributed by atoms with van der Waals surface area (Å²) < 4.78 is 0. The van der Waals surface area contributed by atoms with Crippen LogP contribution in [0.4, 0.5) is 0 Å². The highest BCUT2D eigenvalue weighted by atomic mass is 16.2. The molecule has 0 heterocycles. The van der Waals surface area contributed by atoms with E-state index >= 15 is 0 Å². The summed E-state index contributed by atoms with van der Waals surface area (Å²) in [6, 6.07) is 0. The molecule has 0 saturated heterocycles. The molecule has 0 aromatic rings. The van der Waals surface area contributed by atoms with Gasteiger partial charge in [0.15, 0.2) is 0 Å². The average molecular weight is 185 g/mol. The van der Waals surface area contributed by atoms with Crippen molar-refractivity contribution in [3.63, 3.8) is 0 Å². The molecule has 0 aliphatic carbocycles. The number of hydrogen-bond acceptors (Lipinski definition) is 2. The quantitative estimate of drug-likeness (QED) is 0.688. The van der Waals surface area contributed by atoms with Crippen LogP contribution in [0.1, 0.15) is 52.4 Å².